The number of nitrogens with zero attached hydrogens (tertiary/aromatic N) is 1. The van der Waals surface area contributed by atoms with Crippen molar-refractivity contribution in [3.8, 4) is 5.75 Å². The van der Waals surface area contributed by atoms with E-state index in [2.05, 4.69) is 52.2 Å². The highest BCUT2D eigenvalue weighted by atomic mass is 79.9. The van der Waals surface area contributed by atoms with Crippen molar-refractivity contribution in [2.75, 3.05) is 5.32 Å². The molecule has 0 aliphatic carbocycles. The number of benzene rings is 1. The summed E-state index contributed by atoms with van der Waals surface area (Å²) in [6.07, 6.45) is 0. The lowest BCUT2D eigenvalue weighted by Crippen LogP contribution is -2.13. The number of hydrogen-bond acceptors (Lipinski definition) is 3. The third kappa shape index (κ3) is 3.44. The first-order valence-corrected chi connectivity index (χ1v) is 7.34. The number of rotatable bonds is 2. The van der Waals surface area contributed by atoms with Crippen molar-refractivity contribution in [1.82, 2.24) is 10.2 Å². The predicted molar refractivity (Wildman–Crippen MR) is 85.8 cm³/mol. The quantitative estimate of drug-likeness (QED) is 0.771. The average molecular weight is 352 g/mol. The van der Waals surface area contributed by atoms with Crippen LogP contribution < -0.4 is 5.32 Å². The summed E-state index contributed by atoms with van der Waals surface area (Å²) in [4.78, 5) is 12.3. The molecule has 0 unspecified atom stereocenters. The second-order valence-corrected chi connectivity index (χ2v) is 6.87. The molecule has 0 fully saturated rings. The molecule has 1 aromatic carbocycles. The predicted octanol–water partition coefficient (Wildman–Crippen LogP) is 3.74. The van der Waals surface area contributed by atoms with Gasteiger partial charge in [-0.25, -0.2) is 0 Å². The van der Waals surface area contributed by atoms with Gasteiger partial charge in [0.1, 0.15) is 5.75 Å². The van der Waals surface area contributed by atoms with E-state index in [1.807, 2.05) is 6.92 Å². The topological polar surface area (TPSA) is 78.0 Å². The number of nitrogens with one attached hydrogen (secondary N) is 2. The van der Waals surface area contributed by atoms with Gasteiger partial charge in [0.25, 0.3) is 5.91 Å². The van der Waals surface area contributed by atoms with E-state index in [4.69, 9.17) is 0 Å². The van der Waals surface area contributed by atoms with Crippen LogP contribution in [0, 0.1) is 6.92 Å². The van der Waals surface area contributed by atoms with E-state index in [0.717, 1.165) is 11.3 Å². The summed E-state index contributed by atoms with van der Waals surface area (Å²) in [6.45, 7) is 8.01. The second kappa shape index (κ2) is 5.52. The zero-order valence-corrected chi connectivity index (χ0v) is 14.0. The molecule has 0 saturated heterocycles. The zero-order valence-electron chi connectivity index (χ0n) is 12.4. The van der Waals surface area contributed by atoms with Gasteiger partial charge < -0.3 is 10.4 Å². The van der Waals surface area contributed by atoms with Gasteiger partial charge in [-0.15, -0.1) is 0 Å². The van der Waals surface area contributed by atoms with Crippen molar-refractivity contribution in [1.29, 1.82) is 0 Å². The molecular formula is C15H18BrN3O2. The van der Waals surface area contributed by atoms with Crippen molar-refractivity contribution in [3.63, 3.8) is 0 Å². The lowest BCUT2D eigenvalue weighted by atomic mass is 9.92. The number of hydrogen-bond donors (Lipinski definition) is 3. The lowest BCUT2D eigenvalue weighted by Gasteiger charge is -2.14. The fourth-order valence-corrected chi connectivity index (χ4v) is 2.44. The van der Waals surface area contributed by atoms with Gasteiger partial charge in [0.05, 0.1) is 10.0 Å². The van der Waals surface area contributed by atoms with Crippen LogP contribution in [0.5, 0.6) is 5.75 Å². The second-order valence-electron chi connectivity index (χ2n) is 6.01. The summed E-state index contributed by atoms with van der Waals surface area (Å²) in [5.41, 5.74) is 1.93. The van der Waals surface area contributed by atoms with Gasteiger partial charge in [-0.3, -0.25) is 9.89 Å². The van der Waals surface area contributed by atoms with Crippen molar-refractivity contribution >= 4 is 27.7 Å². The third-order valence-electron chi connectivity index (χ3n) is 3.08. The Balaban J connectivity index is 2.25. The first-order valence-electron chi connectivity index (χ1n) is 6.55. The maximum absolute atomic E-state index is 12.3. The molecule has 112 valence electrons. The van der Waals surface area contributed by atoms with Gasteiger partial charge >= 0.3 is 0 Å². The summed E-state index contributed by atoms with van der Waals surface area (Å²) in [5, 5.41) is 19.6. The Morgan fingerprint density at radius 3 is 2.57 bits per heavy atom. The monoisotopic (exact) mass is 351 g/mol. The van der Waals surface area contributed by atoms with Crippen LogP contribution in [-0.4, -0.2) is 21.2 Å². The maximum Gasteiger partial charge on any atom is 0.260 e. The molecule has 5 nitrogen and oxygen atoms in total. The van der Waals surface area contributed by atoms with Crippen LogP contribution in [0.4, 0.5) is 5.82 Å². The summed E-state index contributed by atoms with van der Waals surface area (Å²) in [7, 11) is 0. The first kappa shape index (κ1) is 15.6. The number of aromatic nitrogens is 2. The SMILES string of the molecule is Cc1cc(Br)c(O)c(C(=O)Nc2cc(C(C)(C)C)[nH]n2)c1. The van der Waals surface area contributed by atoms with E-state index < -0.39 is 5.91 Å². The van der Waals surface area contributed by atoms with Gasteiger partial charge in [0, 0.05) is 17.2 Å². The third-order valence-corrected chi connectivity index (χ3v) is 3.68. The van der Waals surface area contributed by atoms with Crippen LogP contribution in [0.25, 0.3) is 0 Å². The molecule has 0 saturated carbocycles. The number of carbonyl (C=O) groups excluding carboxylic acids is 1. The number of halogens is 1. The number of aromatic amines is 1. The fourth-order valence-electron chi connectivity index (χ4n) is 1.86. The molecule has 3 N–H and O–H groups in total. The largest absolute Gasteiger partial charge is 0.506 e. The Labute approximate surface area is 131 Å². The van der Waals surface area contributed by atoms with Crippen LogP contribution >= 0.6 is 15.9 Å². The van der Waals surface area contributed by atoms with E-state index >= 15 is 0 Å². The molecule has 0 aliphatic rings. The van der Waals surface area contributed by atoms with Gasteiger partial charge in [-0.05, 0) is 40.5 Å². The Hall–Kier alpha value is -1.82. The summed E-state index contributed by atoms with van der Waals surface area (Å²) >= 11 is 3.23. The van der Waals surface area contributed by atoms with E-state index in [9.17, 15) is 9.90 Å². The van der Waals surface area contributed by atoms with Gasteiger partial charge in [0.15, 0.2) is 5.82 Å². The van der Waals surface area contributed by atoms with Crippen molar-refractivity contribution in [2.24, 2.45) is 0 Å². The number of aromatic hydroxyl groups is 1. The fraction of sp³-hybridized carbons (Fsp3) is 0.333. The molecule has 1 aromatic heterocycles. The van der Waals surface area contributed by atoms with Crippen LogP contribution in [0.15, 0.2) is 22.7 Å². The number of amides is 1. The Bertz CT molecular complexity index is 687. The van der Waals surface area contributed by atoms with Crippen molar-refractivity contribution in [3.05, 3.63) is 39.5 Å². The number of aryl methyl sites for hydroxylation is 1. The van der Waals surface area contributed by atoms with Gasteiger partial charge in [-0.1, -0.05) is 20.8 Å². The maximum atomic E-state index is 12.3. The van der Waals surface area contributed by atoms with E-state index in [-0.39, 0.29) is 16.7 Å². The molecule has 2 rings (SSSR count). The summed E-state index contributed by atoms with van der Waals surface area (Å²) in [6, 6.07) is 5.17. The highest BCUT2D eigenvalue weighted by molar-refractivity contribution is 9.10. The van der Waals surface area contributed by atoms with Crippen LogP contribution in [-0.2, 0) is 5.41 Å². The molecule has 1 amide bonds. The highest BCUT2D eigenvalue weighted by Crippen LogP contribution is 2.30. The molecule has 1 heterocycles. The molecule has 0 radical (unpaired) electrons. The number of anilines is 1. The Morgan fingerprint density at radius 2 is 2.00 bits per heavy atom. The van der Waals surface area contributed by atoms with Crippen LogP contribution in [0.3, 0.4) is 0 Å². The number of carbonyl (C=O) groups is 1. The Morgan fingerprint density at radius 1 is 1.33 bits per heavy atom. The molecular weight excluding hydrogens is 334 g/mol. The molecule has 0 atom stereocenters. The van der Waals surface area contributed by atoms with Crippen LogP contribution in [0.2, 0.25) is 0 Å². The minimum absolute atomic E-state index is 0.0789. The van der Waals surface area contributed by atoms with Gasteiger partial charge in [0.2, 0.25) is 0 Å². The molecule has 0 bridgehead atoms. The van der Waals surface area contributed by atoms with Crippen molar-refractivity contribution < 1.29 is 9.90 Å². The minimum Gasteiger partial charge on any atom is -0.506 e. The lowest BCUT2D eigenvalue weighted by molar-refractivity contribution is 0.102. The van der Waals surface area contributed by atoms with E-state index in [1.165, 1.54) is 0 Å². The smallest absolute Gasteiger partial charge is 0.260 e. The number of phenolic OH excluding ortho intramolecular Hbond substituents is 1. The molecule has 21 heavy (non-hydrogen) atoms. The standard InChI is InChI=1S/C15H18BrN3O2/c1-8-5-9(13(20)10(16)6-8)14(21)17-12-7-11(18-19-12)15(2,3)4/h5-7,20H,1-4H3,(H2,17,18,19,21). The molecule has 0 aliphatic heterocycles. The molecule has 0 spiro atoms. The van der Waals surface area contributed by atoms with E-state index in [0.29, 0.717) is 10.3 Å². The average Bonchev–Trinajstić information content (AvgIpc) is 2.82. The van der Waals surface area contributed by atoms with Crippen molar-refractivity contribution in [2.45, 2.75) is 33.1 Å². The zero-order chi connectivity index (χ0) is 15.8. The first-order chi connectivity index (χ1) is 9.68. The number of phenols is 1. The van der Waals surface area contributed by atoms with Crippen LogP contribution in [0.1, 0.15) is 42.4 Å². The molecule has 2 aromatic rings. The van der Waals surface area contributed by atoms with Gasteiger partial charge in [-0.2, -0.15) is 5.10 Å². The highest BCUT2D eigenvalue weighted by Gasteiger charge is 2.19. The number of H-pyrrole nitrogens is 1. The Kier molecular flexibility index (Phi) is 4.09. The van der Waals surface area contributed by atoms with E-state index in [1.54, 1.807) is 18.2 Å². The summed E-state index contributed by atoms with van der Waals surface area (Å²) < 4.78 is 0.491. The normalized spacial score (nSPS) is 11.5. The summed E-state index contributed by atoms with van der Waals surface area (Å²) in [5.74, 6) is -0.0458. The molecule has 6 heteroatoms. The minimum atomic E-state index is -0.399.